The Balaban J connectivity index is 0.00000200. The standard InChI is InChI=1S/C15H23FN2O.ClH/c1-11(18-10-12-4-3-7-17-9-12)14-8-13(16)5-6-15(14)19-2;/h5-6,8,11-12,17-18H,3-4,7,9-10H2,1-2H3;1H. The molecule has 20 heavy (non-hydrogen) atoms. The molecule has 0 spiro atoms. The predicted molar refractivity (Wildman–Crippen MR) is 82.2 cm³/mol. The van der Waals surface area contributed by atoms with E-state index >= 15 is 0 Å². The summed E-state index contributed by atoms with van der Waals surface area (Å²) in [7, 11) is 1.62. The smallest absolute Gasteiger partial charge is 0.123 e. The Bertz CT molecular complexity index is 411. The van der Waals surface area contributed by atoms with Gasteiger partial charge in [-0.2, -0.15) is 0 Å². The maximum absolute atomic E-state index is 13.3. The molecular weight excluding hydrogens is 279 g/mol. The van der Waals surface area contributed by atoms with Gasteiger partial charge in [-0.3, -0.25) is 0 Å². The molecule has 0 amide bonds. The summed E-state index contributed by atoms with van der Waals surface area (Å²) in [4.78, 5) is 0. The van der Waals surface area contributed by atoms with Crippen molar-refractivity contribution in [2.24, 2.45) is 5.92 Å². The SMILES string of the molecule is COc1ccc(F)cc1C(C)NCC1CCCNC1.Cl. The summed E-state index contributed by atoms with van der Waals surface area (Å²) in [6, 6.07) is 4.76. The number of benzene rings is 1. The van der Waals surface area contributed by atoms with Crippen molar-refractivity contribution in [2.45, 2.75) is 25.8 Å². The van der Waals surface area contributed by atoms with Crippen LogP contribution < -0.4 is 15.4 Å². The van der Waals surface area contributed by atoms with Gasteiger partial charge in [0, 0.05) is 11.6 Å². The molecule has 0 bridgehead atoms. The number of piperidine rings is 1. The van der Waals surface area contributed by atoms with Crippen LogP contribution in [0.2, 0.25) is 0 Å². The van der Waals surface area contributed by atoms with Crippen LogP contribution in [-0.2, 0) is 0 Å². The molecule has 1 saturated heterocycles. The van der Waals surface area contributed by atoms with Gasteiger partial charge in [0.1, 0.15) is 11.6 Å². The lowest BCUT2D eigenvalue weighted by Crippen LogP contribution is -2.36. The number of nitrogens with one attached hydrogen (secondary N) is 2. The van der Waals surface area contributed by atoms with Crippen molar-refractivity contribution < 1.29 is 9.13 Å². The summed E-state index contributed by atoms with van der Waals surface area (Å²) < 4.78 is 18.6. The molecular formula is C15H24ClFN2O. The highest BCUT2D eigenvalue weighted by Gasteiger charge is 2.16. The van der Waals surface area contributed by atoms with Crippen LogP contribution in [0.4, 0.5) is 4.39 Å². The summed E-state index contributed by atoms with van der Waals surface area (Å²) in [5, 5.41) is 6.89. The number of halogens is 2. The van der Waals surface area contributed by atoms with Gasteiger partial charge in [0.2, 0.25) is 0 Å². The first-order valence-corrected chi connectivity index (χ1v) is 6.98. The van der Waals surface area contributed by atoms with E-state index in [0.717, 1.165) is 30.9 Å². The second-order valence-corrected chi connectivity index (χ2v) is 5.23. The second-order valence-electron chi connectivity index (χ2n) is 5.23. The van der Waals surface area contributed by atoms with Crippen LogP contribution in [0.15, 0.2) is 18.2 Å². The normalized spacial score (nSPS) is 20.1. The maximum atomic E-state index is 13.3. The van der Waals surface area contributed by atoms with Crippen molar-refractivity contribution in [3.05, 3.63) is 29.6 Å². The van der Waals surface area contributed by atoms with Gasteiger partial charge in [0.05, 0.1) is 7.11 Å². The molecule has 0 aromatic heterocycles. The van der Waals surface area contributed by atoms with Gasteiger partial charge in [0.25, 0.3) is 0 Å². The molecule has 2 rings (SSSR count). The van der Waals surface area contributed by atoms with E-state index in [1.54, 1.807) is 19.2 Å². The third-order valence-corrected chi connectivity index (χ3v) is 3.77. The van der Waals surface area contributed by atoms with Gasteiger partial charge >= 0.3 is 0 Å². The first-order chi connectivity index (χ1) is 9.20. The Morgan fingerprint density at radius 2 is 2.30 bits per heavy atom. The molecule has 0 saturated carbocycles. The molecule has 1 aliphatic heterocycles. The zero-order chi connectivity index (χ0) is 13.7. The Morgan fingerprint density at radius 3 is 2.95 bits per heavy atom. The van der Waals surface area contributed by atoms with Gasteiger partial charge < -0.3 is 15.4 Å². The lowest BCUT2D eigenvalue weighted by atomic mass is 9.98. The molecule has 2 atom stereocenters. The molecule has 0 radical (unpaired) electrons. The number of ether oxygens (including phenoxy) is 1. The van der Waals surface area contributed by atoms with Crippen LogP contribution in [0.3, 0.4) is 0 Å². The Morgan fingerprint density at radius 1 is 1.50 bits per heavy atom. The third kappa shape index (κ3) is 4.62. The van der Waals surface area contributed by atoms with Crippen molar-refractivity contribution >= 4 is 12.4 Å². The van der Waals surface area contributed by atoms with E-state index in [1.807, 2.05) is 6.92 Å². The molecule has 1 heterocycles. The average Bonchev–Trinajstić information content (AvgIpc) is 2.46. The summed E-state index contributed by atoms with van der Waals surface area (Å²) in [6.45, 7) is 5.20. The molecule has 2 unspecified atom stereocenters. The van der Waals surface area contributed by atoms with E-state index in [9.17, 15) is 4.39 Å². The van der Waals surface area contributed by atoms with Crippen molar-refractivity contribution in [3.63, 3.8) is 0 Å². The lowest BCUT2D eigenvalue weighted by molar-refractivity contribution is 0.344. The van der Waals surface area contributed by atoms with Crippen LogP contribution in [-0.4, -0.2) is 26.7 Å². The monoisotopic (exact) mass is 302 g/mol. The van der Waals surface area contributed by atoms with E-state index in [1.165, 1.54) is 18.9 Å². The summed E-state index contributed by atoms with van der Waals surface area (Å²) in [6.07, 6.45) is 2.50. The fourth-order valence-electron chi connectivity index (χ4n) is 2.60. The molecule has 1 aliphatic rings. The average molecular weight is 303 g/mol. The number of hydrogen-bond acceptors (Lipinski definition) is 3. The highest BCUT2D eigenvalue weighted by atomic mass is 35.5. The van der Waals surface area contributed by atoms with E-state index in [2.05, 4.69) is 10.6 Å². The third-order valence-electron chi connectivity index (χ3n) is 3.77. The van der Waals surface area contributed by atoms with Crippen LogP contribution in [0.5, 0.6) is 5.75 Å². The minimum Gasteiger partial charge on any atom is -0.496 e. The largest absolute Gasteiger partial charge is 0.496 e. The van der Waals surface area contributed by atoms with Crippen LogP contribution in [0, 0.1) is 11.7 Å². The quantitative estimate of drug-likeness (QED) is 0.877. The molecule has 3 nitrogen and oxygen atoms in total. The lowest BCUT2D eigenvalue weighted by Gasteiger charge is -2.25. The van der Waals surface area contributed by atoms with Crippen molar-refractivity contribution in [1.29, 1.82) is 0 Å². The molecule has 0 aliphatic carbocycles. The molecule has 2 N–H and O–H groups in total. The van der Waals surface area contributed by atoms with E-state index in [-0.39, 0.29) is 24.3 Å². The fraction of sp³-hybridized carbons (Fsp3) is 0.600. The van der Waals surface area contributed by atoms with E-state index in [4.69, 9.17) is 4.74 Å². The zero-order valence-corrected chi connectivity index (χ0v) is 12.9. The van der Waals surface area contributed by atoms with Gasteiger partial charge in [-0.15, -0.1) is 12.4 Å². The highest BCUT2D eigenvalue weighted by molar-refractivity contribution is 5.85. The Labute approximate surface area is 126 Å². The first kappa shape index (κ1) is 17.2. The molecule has 1 aromatic rings. The predicted octanol–water partition coefficient (Wildman–Crippen LogP) is 2.91. The minimum absolute atomic E-state index is 0. The second kappa shape index (κ2) is 8.45. The molecule has 1 aromatic carbocycles. The van der Waals surface area contributed by atoms with Gasteiger partial charge in [-0.25, -0.2) is 4.39 Å². The summed E-state index contributed by atoms with van der Waals surface area (Å²) in [5.41, 5.74) is 0.881. The van der Waals surface area contributed by atoms with Gasteiger partial charge in [-0.1, -0.05) is 0 Å². The molecule has 1 fully saturated rings. The number of rotatable bonds is 5. The van der Waals surface area contributed by atoms with Crippen LogP contribution in [0.1, 0.15) is 31.4 Å². The van der Waals surface area contributed by atoms with Gasteiger partial charge in [0.15, 0.2) is 0 Å². The first-order valence-electron chi connectivity index (χ1n) is 6.98. The van der Waals surface area contributed by atoms with Crippen LogP contribution in [0.25, 0.3) is 0 Å². The number of methoxy groups -OCH3 is 1. The van der Waals surface area contributed by atoms with Crippen molar-refractivity contribution in [3.8, 4) is 5.75 Å². The zero-order valence-electron chi connectivity index (χ0n) is 12.1. The fourth-order valence-corrected chi connectivity index (χ4v) is 2.60. The summed E-state index contributed by atoms with van der Waals surface area (Å²) in [5.74, 6) is 1.18. The van der Waals surface area contributed by atoms with Crippen LogP contribution >= 0.6 is 12.4 Å². The molecule has 5 heteroatoms. The summed E-state index contributed by atoms with van der Waals surface area (Å²) >= 11 is 0. The van der Waals surface area contributed by atoms with E-state index in [0.29, 0.717) is 5.92 Å². The molecule has 114 valence electrons. The highest BCUT2D eigenvalue weighted by Crippen LogP contribution is 2.26. The Hall–Kier alpha value is -0.840. The topological polar surface area (TPSA) is 33.3 Å². The maximum Gasteiger partial charge on any atom is 0.123 e. The van der Waals surface area contributed by atoms with Gasteiger partial charge in [-0.05, 0) is 63.5 Å². The minimum atomic E-state index is -0.219. The van der Waals surface area contributed by atoms with E-state index < -0.39 is 0 Å². The number of hydrogen-bond donors (Lipinski definition) is 2. The Kier molecular flexibility index (Phi) is 7.27. The van der Waals surface area contributed by atoms with Crippen molar-refractivity contribution in [2.75, 3.05) is 26.7 Å². The van der Waals surface area contributed by atoms with Crippen molar-refractivity contribution in [1.82, 2.24) is 10.6 Å².